The number of aliphatic hydroxyl groups excluding tert-OH is 1. The average molecular weight is 365 g/mol. The molecule has 0 radical (unpaired) electrons. The summed E-state index contributed by atoms with van der Waals surface area (Å²) in [5.41, 5.74) is 3.77. The molecule has 0 unspecified atom stereocenters. The molecule has 0 aliphatic carbocycles. The van der Waals surface area contributed by atoms with Crippen LogP contribution in [0.5, 0.6) is 0 Å². The maximum Gasteiger partial charge on any atom is 0.229 e. The van der Waals surface area contributed by atoms with Gasteiger partial charge < -0.3 is 19.1 Å². The van der Waals surface area contributed by atoms with Crippen LogP contribution >= 0.6 is 0 Å². The summed E-state index contributed by atoms with van der Waals surface area (Å²) in [6.07, 6.45) is 3.53. The number of fused-ring (bicyclic) bond motifs is 1. The number of ether oxygens (including phenoxy) is 1. The standard InChI is InChI=1S/C21H23N3O3/c1-15-6-5-9-23-17(13-22-21(15)23)12-19(26)24-10-11-27-18(14-25)20(24)16-7-3-2-4-8-16/h2-9,13,18,20,25H,10-12,14H2,1H3/t18-,20-/m0/s1. The molecule has 3 heterocycles. The van der Waals surface area contributed by atoms with Crippen LogP contribution in [0.3, 0.4) is 0 Å². The van der Waals surface area contributed by atoms with Gasteiger partial charge >= 0.3 is 0 Å². The number of benzene rings is 1. The molecule has 4 rings (SSSR count). The van der Waals surface area contributed by atoms with E-state index in [1.807, 2.05) is 64.9 Å². The van der Waals surface area contributed by atoms with E-state index in [1.54, 1.807) is 6.20 Å². The van der Waals surface area contributed by atoms with Crippen molar-refractivity contribution >= 4 is 11.6 Å². The summed E-state index contributed by atoms with van der Waals surface area (Å²) < 4.78 is 7.70. The topological polar surface area (TPSA) is 67.1 Å². The van der Waals surface area contributed by atoms with E-state index in [0.717, 1.165) is 22.5 Å². The third-order valence-electron chi connectivity index (χ3n) is 5.13. The van der Waals surface area contributed by atoms with Gasteiger partial charge in [-0.15, -0.1) is 0 Å². The van der Waals surface area contributed by atoms with Gasteiger partial charge in [0.05, 0.1) is 31.4 Å². The largest absolute Gasteiger partial charge is 0.394 e. The molecule has 1 saturated heterocycles. The molecule has 6 heteroatoms. The van der Waals surface area contributed by atoms with Crippen molar-refractivity contribution in [2.75, 3.05) is 19.8 Å². The maximum atomic E-state index is 13.2. The molecule has 3 aromatic rings. The molecule has 2 atom stereocenters. The van der Waals surface area contributed by atoms with E-state index in [1.165, 1.54) is 0 Å². The highest BCUT2D eigenvalue weighted by atomic mass is 16.5. The van der Waals surface area contributed by atoms with Crippen LogP contribution in [0.25, 0.3) is 5.65 Å². The first-order chi connectivity index (χ1) is 13.2. The van der Waals surface area contributed by atoms with Gasteiger partial charge in [0.25, 0.3) is 0 Å². The van der Waals surface area contributed by atoms with Crippen LogP contribution in [-0.2, 0) is 16.0 Å². The van der Waals surface area contributed by atoms with Crippen LogP contribution in [0.1, 0.15) is 22.9 Å². The van der Waals surface area contributed by atoms with Gasteiger partial charge in [-0.05, 0) is 24.1 Å². The average Bonchev–Trinajstić information content (AvgIpc) is 3.12. The number of carbonyl (C=O) groups excluding carboxylic acids is 1. The van der Waals surface area contributed by atoms with Crippen LogP contribution in [0, 0.1) is 6.92 Å². The first-order valence-electron chi connectivity index (χ1n) is 9.17. The number of morpholine rings is 1. The lowest BCUT2D eigenvalue weighted by Gasteiger charge is -2.41. The number of imidazole rings is 1. The second kappa shape index (κ2) is 7.50. The van der Waals surface area contributed by atoms with Crippen LogP contribution in [0.15, 0.2) is 54.9 Å². The SMILES string of the molecule is Cc1cccn2c(CC(=O)N3CCO[C@@H](CO)[C@@H]3c3ccccc3)cnc12. The molecular formula is C21H23N3O3. The van der Waals surface area contributed by atoms with E-state index in [0.29, 0.717) is 13.2 Å². The molecule has 2 aromatic heterocycles. The fourth-order valence-electron chi connectivity index (χ4n) is 3.80. The number of aliphatic hydroxyl groups is 1. The molecule has 1 fully saturated rings. The predicted molar refractivity (Wildman–Crippen MR) is 101 cm³/mol. The quantitative estimate of drug-likeness (QED) is 0.769. The number of aryl methyl sites for hydroxylation is 1. The fourth-order valence-corrected chi connectivity index (χ4v) is 3.80. The Morgan fingerprint density at radius 2 is 2.07 bits per heavy atom. The molecule has 140 valence electrons. The number of nitrogens with zero attached hydrogens (tertiary/aromatic N) is 3. The second-order valence-corrected chi connectivity index (χ2v) is 6.85. The zero-order chi connectivity index (χ0) is 18.8. The Morgan fingerprint density at radius 1 is 1.26 bits per heavy atom. The molecular weight excluding hydrogens is 342 g/mol. The van der Waals surface area contributed by atoms with Gasteiger partial charge in [-0.25, -0.2) is 4.98 Å². The van der Waals surface area contributed by atoms with E-state index < -0.39 is 6.10 Å². The first-order valence-corrected chi connectivity index (χ1v) is 9.17. The van der Waals surface area contributed by atoms with Gasteiger partial charge in [0, 0.05) is 18.9 Å². The van der Waals surface area contributed by atoms with Crippen molar-refractivity contribution in [3.05, 3.63) is 71.7 Å². The minimum Gasteiger partial charge on any atom is -0.394 e. The Labute approximate surface area is 158 Å². The maximum absolute atomic E-state index is 13.2. The summed E-state index contributed by atoms with van der Waals surface area (Å²) in [7, 11) is 0. The van der Waals surface area contributed by atoms with Crippen LogP contribution in [0.4, 0.5) is 0 Å². The minimum absolute atomic E-state index is 0.00825. The highest BCUT2D eigenvalue weighted by Crippen LogP contribution is 2.30. The lowest BCUT2D eigenvalue weighted by Crippen LogP contribution is -2.50. The first kappa shape index (κ1) is 17.7. The summed E-state index contributed by atoms with van der Waals surface area (Å²) in [6.45, 7) is 2.81. The van der Waals surface area contributed by atoms with Gasteiger partial charge in [-0.1, -0.05) is 36.4 Å². The Balaban J connectivity index is 1.63. The highest BCUT2D eigenvalue weighted by molar-refractivity contribution is 5.79. The number of hydrogen-bond donors (Lipinski definition) is 1. The monoisotopic (exact) mass is 365 g/mol. The summed E-state index contributed by atoms with van der Waals surface area (Å²) in [6, 6.07) is 13.4. The Hall–Kier alpha value is -2.70. The van der Waals surface area contributed by atoms with E-state index in [4.69, 9.17) is 4.74 Å². The van der Waals surface area contributed by atoms with E-state index in [-0.39, 0.29) is 25.0 Å². The second-order valence-electron chi connectivity index (χ2n) is 6.85. The van der Waals surface area contributed by atoms with Crippen LogP contribution < -0.4 is 0 Å². The Morgan fingerprint density at radius 3 is 2.85 bits per heavy atom. The van der Waals surface area contributed by atoms with E-state index in [2.05, 4.69) is 4.98 Å². The number of aromatic nitrogens is 2. The molecule has 0 bridgehead atoms. The van der Waals surface area contributed by atoms with Crippen molar-refractivity contribution in [3.8, 4) is 0 Å². The molecule has 1 amide bonds. The lowest BCUT2D eigenvalue weighted by molar-refractivity contribution is -0.149. The van der Waals surface area contributed by atoms with Gasteiger partial charge in [0.15, 0.2) is 0 Å². The summed E-state index contributed by atoms with van der Waals surface area (Å²) in [4.78, 5) is 19.5. The predicted octanol–water partition coefficient (Wildman–Crippen LogP) is 2.15. The Kier molecular flexibility index (Phi) is 4.92. The zero-order valence-corrected chi connectivity index (χ0v) is 15.3. The van der Waals surface area contributed by atoms with Gasteiger partial charge in [0.2, 0.25) is 5.91 Å². The van der Waals surface area contributed by atoms with Crippen molar-refractivity contribution in [3.63, 3.8) is 0 Å². The highest BCUT2D eigenvalue weighted by Gasteiger charge is 2.36. The summed E-state index contributed by atoms with van der Waals surface area (Å²) in [5.74, 6) is 0.00825. The third kappa shape index (κ3) is 3.34. The third-order valence-corrected chi connectivity index (χ3v) is 5.13. The molecule has 1 aliphatic rings. The Bertz CT molecular complexity index is 938. The number of pyridine rings is 1. The van der Waals surface area contributed by atoms with Crippen molar-refractivity contribution in [1.82, 2.24) is 14.3 Å². The van der Waals surface area contributed by atoms with Crippen LogP contribution in [-0.4, -0.2) is 51.2 Å². The summed E-state index contributed by atoms with van der Waals surface area (Å²) >= 11 is 0. The molecule has 0 saturated carbocycles. The molecule has 1 aliphatic heterocycles. The van der Waals surface area contributed by atoms with E-state index in [9.17, 15) is 9.90 Å². The van der Waals surface area contributed by atoms with Crippen molar-refractivity contribution < 1.29 is 14.6 Å². The van der Waals surface area contributed by atoms with E-state index >= 15 is 0 Å². The molecule has 1 aromatic carbocycles. The number of hydrogen-bond acceptors (Lipinski definition) is 4. The molecule has 6 nitrogen and oxygen atoms in total. The van der Waals surface area contributed by atoms with Gasteiger partial charge in [-0.3, -0.25) is 4.79 Å². The molecule has 1 N–H and O–H groups in total. The minimum atomic E-state index is -0.422. The molecule has 0 spiro atoms. The van der Waals surface area contributed by atoms with Gasteiger partial charge in [-0.2, -0.15) is 0 Å². The number of amides is 1. The molecule has 27 heavy (non-hydrogen) atoms. The summed E-state index contributed by atoms with van der Waals surface area (Å²) in [5, 5.41) is 9.77. The normalized spacial score (nSPS) is 20.1. The number of carbonyl (C=O) groups is 1. The fraction of sp³-hybridized carbons (Fsp3) is 0.333. The van der Waals surface area contributed by atoms with Crippen LogP contribution in [0.2, 0.25) is 0 Å². The zero-order valence-electron chi connectivity index (χ0n) is 15.3. The smallest absolute Gasteiger partial charge is 0.229 e. The van der Waals surface area contributed by atoms with Crippen molar-refractivity contribution in [2.45, 2.75) is 25.5 Å². The lowest BCUT2D eigenvalue weighted by atomic mass is 9.98. The number of rotatable bonds is 4. The van der Waals surface area contributed by atoms with Crippen molar-refractivity contribution in [2.24, 2.45) is 0 Å². The van der Waals surface area contributed by atoms with Crippen molar-refractivity contribution in [1.29, 1.82) is 0 Å². The van der Waals surface area contributed by atoms with Gasteiger partial charge in [0.1, 0.15) is 11.8 Å².